The maximum absolute atomic E-state index is 12.8. The van der Waals surface area contributed by atoms with Crippen LogP contribution in [0.4, 0.5) is 11.4 Å². The number of rotatable bonds is 6. The first-order valence-corrected chi connectivity index (χ1v) is 8.15. The second-order valence-corrected chi connectivity index (χ2v) is 6.68. The summed E-state index contributed by atoms with van der Waals surface area (Å²) >= 11 is 5.34. The summed E-state index contributed by atoms with van der Waals surface area (Å²) < 4.78 is 26.3. The van der Waals surface area contributed by atoms with Crippen LogP contribution in [0.5, 0.6) is 0 Å². The fourth-order valence-electron chi connectivity index (χ4n) is 1.97. The fourth-order valence-corrected chi connectivity index (χ4v) is 3.74. The molecule has 0 saturated heterocycles. The number of benzene rings is 2. The van der Waals surface area contributed by atoms with E-state index in [4.69, 9.17) is 11.6 Å². The number of nitro benzene ring substituents is 1. The van der Waals surface area contributed by atoms with E-state index >= 15 is 0 Å². The number of carbonyl (C=O) groups excluding carboxylic acids is 1. The molecule has 120 valence electrons. The van der Waals surface area contributed by atoms with Gasteiger partial charge in [-0.1, -0.05) is 30.3 Å². The molecule has 0 radical (unpaired) electrons. The normalized spacial score (nSPS) is 11.0. The summed E-state index contributed by atoms with van der Waals surface area (Å²) in [5.41, 5.74) is -0.393. The molecule has 0 bridgehead atoms. The molecular formula is C14H11ClN2O5S. The lowest BCUT2D eigenvalue weighted by Gasteiger charge is -2.22. The highest BCUT2D eigenvalue weighted by molar-refractivity contribution is 7.93. The quantitative estimate of drug-likeness (QED) is 0.451. The highest BCUT2D eigenvalue weighted by Gasteiger charge is 2.32. The Bertz CT molecular complexity index is 839. The van der Waals surface area contributed by atoms with E-state index in [0.717, 1.165) is 16.4 Å². The van der Waals surface area contributed by atoms with E-state index < -0.39 is 37.3 Å². The van der Waals surface area contributed by atoms with Crippen LogP contribution >= 0.6 is 11.6 Å². The minimum Gasteiger partial charge on any atom is -0.279 e. The zero-order chi connectivity index (χ0) is 17.0. The maximum Gasteiger partial charge on any atom is 0.289 e. The summed E-state index contributed by atoms with van der Waals surface area (Å²) in [4.78, 5) is 21.0. The number of sulfonamides is 1. The van der Waals surface area contributed by atoms with Gasteiger partial charge < -0.3 is 0 Å². The van der Waals surface area contributed by atoms with Gasteiger partial charge in [-0.05, 0) is 29.8 Å². The van der Waals surface area contributed by atoms with Gasteiger partial charge in [-0.15, -0.1) is 0 Å². The molecule has 2 rings (SSSR count). The van der Waals surface area contributed by atoms with E-state index in [2.05, 4.69) is 0 Å². The third-order valence-electron chi connectivity index (χ3n) is 2.94. The molecule has 0 amide bonds. The smallest absolute Gasteiger partial charge is 0.279 e. The molecule has 0 aliphatic carbocycles. The Hall–Kier alpha value is -2.45. The molecule has 0 atom stereocenters. The van der Waals surface area contributed by atoms with Crippen molar-refractivity contribution in [3.63, 3.8) is 0 Å². The predicted octanol–water partition coefficient (Wildman–Crippen LogP) is 2.56. The van der Waals surface area contributed by atoms with Crippen LogP contribution in [0.2, 0.25) is 0 Å². The highest BCUT2D eigenvalue weighted by Crippen LogP contribution is 2.29. The number of para-hydroxylation sites is 2. The Morgan fingerprint density at radius 1 is 1.09 bits per heavy atom. The summed E-state index contributed by atoms with van der Waals surface area (Å²) in [6, 6.07) is 12.7. The van der Waals surface area contributed by atoms with Crippen molar-refractivity contribution in [3.05, 3.63) is 64.7 Å². The third-order valence-corrected chi connectivity index (χ3v) is 4.88. The molecule has 0 heterocycles. The van der Waals surface area contributed by atoms with Crippen LogP contribution < -0.4 is 4.31 Å². The van der Waals surface area contributed by atoms with Gasteiger partial charge in [0.1, 0.15) is 6.54 Å². The number of halogens is 1. The molecule has 7 nitrogen and oxygen atoms in total. The zero-order valence-corrected chi connectivity index (χ0v) is 13.2. The average molecular weight is 355 g/mol. The van der Waals surface area contributed by atoms with Crippen LogP contribution in [0.3, 0.4) is 0 Å². The SMILES string of the molecule is O=C(Cl)CN(c1ccccc1)S(=O)(=O)c1ccccc1[N+](=O)[O-]. The lowest BCUT2D eigenvalue weighted by molar-refractivity contribution is -0.387. The number of hydrogen-bond donors (Lipinski definition) is 0. The van der Waals surface area contributed by atoms with Crippen molar-refractivity contribution in [2.45, 2.75) is 4.90 Å². The second-order valence-electron chi connectivity index (χ2n) is 4.43. The Morgan fingerprint density at radius 2 is 1.65 bits per heavy atom. The topological polar surface area (TPSA) is 97.6 Å². The largest absolute Gasteiger partial charge is 0.289 e. The first kappa shape index (κ1) is 16.9. The summed E-state index contributed by atoms with van der Waals surface area (Å²) in [5.74, 6) is 0. The van der Waals surface area contributed by atoms with Crippen LogP contribution in [0.15, 0.2) is 59.5 Å². The molecule has 0 aliphatic rings. The number of nitrogens with zero attached hydrogens (tertiary/aromatic N) is 2. The van der Waals surface area contributed by atoms with Crippen molar-refractivity contribution in [1.29, 1.82) is 0 Å². The van der Waals surface area contributed by atoms with Gasteiger partial charge in [-0.25, -0.2) is 8.42 Å². The zero-order valence-electron chi connectivity index (χ0n) is 11.6. The summed E-state index contributed by atoms with van der Waals surface area (Å²) in [6.45, 7) is -0.639. The van der Waals surface area contributed by atoms with Crippen molar-refractivity contribution in [2.75, 3.05) is 10.8 Å². The van der Waals surface area contributed by atoms with Crippen LogP contribution in [-0.4, -0.2) is 25.1 Å². The van der Waals surface area contributed by atoms with Crippen molar-refractivity contribution in [3.8, 4) is 0 Å². The molecule has 2 aromatic carbocycles. The van der Waals surface area contributed by atoms with Crippen LogP contribution in [0.1, 0.15) is 0 Å². The van der Waals surface area contributed by atoms with Crippen molar-refractivity contribution in [2.24, 2.45) is 0 Å². The Kier molecular flexibility index (Phi) is 4.97. The number of nitro groups is 1. The standard InChI is InChI=1S/C14H11ClN2O5S/c15-14(18)10-16(11-6-2-1-3-7-11)23(21,22)13-9-5-4-8-12(13)17(19)20/h1-9H,10H2. The van der Waals surface area contributed by atoms with E-state index in [0.29, 0.717) is 0 Å². The highest BCUT2D eigenvalue weighted by atomic mass is 35.5. The third kappa shape index (κ3) is 3.66. The Morgan fingerprint density at radius 3 is 2.22 bits per heavy atom. The molecule has 2 aromatic rings. The number of carbonyl (C=O) groups is 1. The number of hydrogen-bond acceptors (Lipinski definition) is 5. The second kappa shape index (κ2) is 6.76. The molecule has 0 spiro atoms. The van der Waals surface area contributed by atoms with E-state index in [-0.39, 0.29) is 5.69 Å². The molecule has 0 aromatic heterocycles. The Balaban J connectivity index is 2.62. The van der Waals surface area contributed by atoms with Gasteiger partial charge in [-0.2, -0.15) is 0 Å². The summed E-state index contributed by atoms with van der Waals surface area (Å²) in [5, 5.41) is 10.2. The van der Waals surface area contributed by atoms with Gasteiger partial charge in [0.15, 0.2) is 4.90 Å². The van der Waals surface area contributed by atoms with Gasteiger partial charge >= 0.3 is 0 Å². The van der Waals surface area contributed by atoms with Gasteiger partial charge in [0.25, 0.3) is 15.7 Å². The van der Waals surface area contributed by atoms with Crippen molar-refractivity contribution < 1.29 is 18.1 Å². The summed E-state index contributed by atoms with van der Waals surface area (Å²) in [6.07, 6.45) is 0. The monoisotopic (exact) mass is 354 g/mol. The van der Waals surface area contributed by atoms with Gasteiger partial charge in [0, 0.05) is 6.07 Å². The first-order valence-electron chi connectivity index (χ1n) is 6.33. The molecule has 9 heteroatoms. The molecule has 0 fully saturated rings. The van der Waals surface area contributed by atoms with Crippen molar-refractivity contribution >= 4 is 38.2 Å². The van der Waals surface area contributed by atoms with E-state index in [1.807, 2.05) is 0 Å². The van der Waals surface area contributed by atoms with Crippen LogP contribution in [-0.2, 0) is 14.8 Å². The van der Waals surface area contributed by atoms with Gasteiger partial charge in [0.05, 0.1) is 10.6 Å². The Labute approximate surface area is 137 Å². The molecule has 0 aliphatic heterocycles. The van der Waals surface area contributed by atoms with Crippen molar-refractivity contribution in [1.82, 2.24) is 0 Å². The summed E-state index contributed by atoms with van der Waals surface area (Å²) in [7, 11) is -4.34. The molecular weight excluding hydrogens is 344 g/mol. The minimum atomic E-state index is -4.34. The molecule has 23 heavy (non-hydrogen) atoms. The minimum absolute atomic E-state index is 0.180. The van der Waals surface area contributed by atoms with Gasteiger partial charge in [-0.3, -0.25) is 19.2 Å². The van der Waals surface area contributed by atoms with E-state index in [1.54, 1.807) is 18.2 Å². The van der Waals surface area contributed by atoms with Crippen LogP contribution in [0.25, 0.3) is 0 Å². The first-order chi connectivity index (χ1) is 10.8. The predicted molar refractivity (Wildman–Crippen MR) is 84.9 cm³/mol. The van der Waals surface area contributed by atoms with E-state index in [1.165, 1.54) is 24.3 Å². The maximum atomic E-state index is 12.8. The molecule has 0 unspecified atom stereocenters. The van der Waals surface area contributed by atoms with E-state index in [9.17, 15) is 23.3 Å². The molecule has 0 saturated carbocycles. The van der Waals surface area contributed by atoms with Crippen LogP contribution in [0, 0.1) is 10.1 Å². The van der Waals surface area contributed by atoms with Gasteiger partial charge in [0.2, 0.25) is 5.24 Å². The lowest BCUT2D eigenvalue weighted by atomic mass is 10.3. The lowest BCUT2D eigenvalue weighted by Crippen LogP contribution is -2.34. The molecule has 0 N–H and O–H groups in total. The number of anilines is 1. The fraction of sp³-hybridized carbons (Fsp3) is 0.0714. The average Bonchev–Trinajstić information content (AvgIpc) is 2.53.